The van der Waals surface area contributed by atoms with Gasteiger partial charge in [0.25, 0.3) is 5.56 Å². The molecule has 0 aliphatic carbocycles. The molecule has 35 heavy (non-hydrogen) atoms. The number of pyridine rings is 1. The molecule has 4 aromatic rings. The number of rotatable bonds is 10. The maximum Gasteiger partial charge on any atom is 0.252 e. The molecule has 5 rings (SSSR count). The second-order valence-corrected chi connectivity index (χ2v) is 9.87. The topological polar surface area (TPSA) is 98.2 Å². The summed E-state index contributed by atoms with van der Waals surface area (Å²) in [5.41, 5.74) is 1.36. The number of aromatic nitrogens is 5. The molecular formula is C25H30N6O3S. The highest BCUT2D eigenvalue weighted by Gasteiger charge is 2.28. The number of nitrogens with one attached hydrogen (secondary N) is 1. The minimum Gasteiger partial charge on any atom is -0.497 e. The molecular weight excluding hydrogens is 464 g/mol. The van der Waals surface area contributed by atoms with Crippen LogP contribution in [0.1, 0.15) is 48.5 Å². The fourth-order valence-corrected chi connectivity index (χ4v) is 5.46. The van der Waals surface area contributed by atoms with Crippen molar-refractivity contribution in [2.45, 2.75) is 58.0 Å². The SMILES string of the molecule is CC[C@@H](c1nnnn1C[C@H]1CCCO1)N(Cc1cccs1)Cc1cc2ccc(OC)cc2[nH]c1=O. The van der Waals surface area contributed by atoms with Crippen LogP contribution in [0.15, 0.2) is 46.6 Å². The van der Waals surface area contributed by atoms with Crippen LogP contribution >= 0.6 is 11.3 Å². The fourth-order valence-electron chi connectivity index (χ4n) is 4.73. The summed E-state index contributed by atoms with van der Waals surface area (Å²) in [6.07, 6.45) is 3.04. The molecule has 2 atom stereocenters. The van der Waals surface area contributed by atoms with Gasteiger partial charge < -0.3 is 14.5 Å². The lowest BCUT2D eigenvalue weighted by Gasteiger charge is -2.30. The second kappa shape index (κ2) is 10.7. The number of ether oxygens (including phenoxy) is 2. The molecule has 9 nitrogen and oxygen atoms in total. The predicted molar refractivity (Wildman–Crippen MR) is 135 cm³/mol. The van der Waals surface area contributed by atoms with E-state index in [2.05, 4.69) is 49.8 Å². The molecule has 0 amide bonds. The van der Waals surface area contributed by atoms with Crippen LogP contribution in [0, 0.1) is 0 Å². The number of nitrogens with zero attached hydrogens (tertiary/aromatic N) is 5. The Bertz CT molecular complexity index is 1310. The highest BCUT2D eigenvalue weighted by molar-refractivity contribution is 7.09. The van der Waals surface area contributed by atoms with Gasteiger partial charge >= 0.3 is 0 Å². The van der Waals surface area contributed by atoms with Gasteiger partial charge in [-0.2, -0.15) is 0 Å². The fraction of sp³-hybridized carbons (Fsp3) is 0.440. The summed E-state index contributed by atoms with van der Waals surface area (Å²) in [4.78, 5) is 19.6. The summed E-state index contributed by atoms with van der Waals surface area (Å²) in [5.74, 6) is 1.52. The number of H-pyrrole nitrogens is 1. The Kier molecular flexibility index (Phi) is 7.21. The van der Waals surface area contributed by atoms with Gasteiger partial charge in [-0.15, -0.1) is 16.4 Å². The van der Waals surface area contributed by atoms with Crippen LogP contribution in [0.5, 0.6) is 5.75 Å². The van der Waals surface area contributed by atoms with Gasteiger partial charge in [-0.1, -0.05) is 13.0 Å². The zero-order valence-corrected chi connectivity index (χ0v) is 20.8. The molecule has 1 aromatic carbocycles. The van der Waals surface area contributed by atoms with Crippen molar-refractivity contribution in [3.8, 4) is 5.75 Å². The third kappa shape index (κ3) is 5.29. The Hall–Kier alpha value is -3.08. The summed E-state index contributed by atoms with van der Waals surface area (Å²) < 4.78 is 13.0. The van der Waals surface area contributed by atoms with E-state index in [0.717, 1.165) is 42.6 Å². The van der Waals surface area contributed by atoms with Gasteiger partial charge in [-0.25, -0.2) is 4.68 Å². The van der Waals surface area contributed by atoms with E-state index in [4.69, 9.17) is 9.47 Å². The van der Waals surface area contributed by atoms with Gasteiger partial charge in [0, 0.05) is 36.2 Å². The molecule has 10 heteroatoms. The first-order chi connectivity index (χ1) is 17.1. The number of fused-ring (bicyclic) bond motifs is 1. The average Bonchev–Trinajstić information content (AvgIpc) is 3.64. The molecule has 3 aromatic heterocycles. The molecule has 0 spiro atoms. The highest BCUT2D eigenvalue weighted by Crippen LogP contribution is 2.28. The lowest BCUT2D eigenvalue weighted by atomic mass is 10.1. The van der Waals surface area contributed by atoms with E-state index < -0.39 is 0 Å². The Morgan fingerprint density at radius 1 is 1.31 bits per heavy atom. The van der Waals surface area contributed by atoms with E-state index in [1.165, 1.54) is 4.88 Å². The van der Waals surface area contributed by atoms with Gasteiger partial charge in [0.15, 0.2) is 5.82 Å². The van der Waals surface area contributed by atoms with E-state index in [1.54, 1.807) is 18.4 Å². The summed E-state index contributed by atoms with van der Waals surface area (Å²) in [6.45, 7) is 4.74. The van der Waals surface area contributed by atoms with Crippen molar-refractivity contribution in [1.29, 1.82) is 0 Å². The van der Waals surface area contributed by atoms with E-state index in [0.29, 0.717) is 30.9 Å². The Morgan fingerprint density at radius 3 is 2.97 bits per heavy atom. The monoisotopic (exact) mass is 494 g/mol. The van der Waals surface area contributed by atoms with Gasteiger partial charge in [-0.05, 0) is 64.7 Å². The third-order valence-electron chi connectivity index (χ3n) is 6.53. The van der Waals surface area contributed by atoms with Gasteiger partial charge in [0.2, 0.25) is 0 Å². The van der Waals surface area contributed by atoms with Crippen LogP contribution in [-0.4, -0.2) is 49.9 Å². The summed E-state index contributed by atoms with van der Waals surface area (Å²) >= 11 is 1.71. The van der Waals surface area contributed by atoms with Crippen LogP contribution in [0.25, 0.3) is 10.9 Å². The van der Waals surface area contributed by atoms with Crippen molar-refractivity contribution in [2.24, 2.45) is 0 Å². The van der Waals surface area contributed by atoms with Gasteiger partial charge in [0.1, 0.15) is 5.75 Å². The number of methoxy groups -OCH3 is 1. The smallest absolute Gasteiger partial charge is 0.252 e. The molecule has 4 heterocycles. The molecule has 184 valence electrons. The van der Waals surface area contributed by atoms with Crippen molar-refractivity contribution in [3.63, 3.8) is 0 Å². The first-order valence-corrected chi connectivity index (χ1v) is 12.9. The van der Waals surface area contributed by atoms with Crippen molar-refractivity contribution in [1.82, 2.24) is 30.1 Å². The van der Waals surface area contributed by atoms with Crippen molar-refractivity contribution >= 4 is 22.2 Å². The Morgan fingerprint density at radius 2 is 2.23 bits per heavy atom. The number of hydrogen-bond acceptors (Lipinski definition) is 8. The van der Waals surface area contributed by atoms with Gasteiger partial charge in [0.05, 0.1) is 31.3 Å². The largest absolute Gasteiger partial charge is 0.497 e. The Balaban J connectivity index is 1.47. The van der Waals surface area contributed by atoms with Gasteiger partial charge in [-0.3, -0.25) is 9.69 Å². The lowest BCUT2D eigenvalue weighted by molar-refractivity contribution is 0.0889. The second-order valence-electron chi connectivity index (χ2n) is 8.84. The molecule has 1 aliphatic heterocycles. The van der Waals surface area contributed by atoms with Crippen LogP contribution < -0.4 is 10.3 Å². The first kappa shape index (κ1) is 23.7. The molecule has 0 saturated carbocycles. The van der Waals surface area contributed by atoms with E-state index in [-0.39, 0.29) is 17.7 Å². The third-order valence-corrected chi connectivity index (χ3v) is 7.39. The molecule has 1 saturated heterocycles. The van der Waals surface area contributed by atoms with E-state index >= 15 is 0 Å². The van der Waals surface area contributed by atoms with Crippen LogP contribution in [0.2, 0.25) is 0 Å². The van der Waals surface area contributed by atoms with Crippen molar-refractivity contribution < 1.29 is 9.47 Å². The highest BCUT2D eigenvalue weighted by atomic mass is 32.1. The number of hydrogen-bond donors (Lipinski definition) is 1. The molecule has 0 radical (unpaired) electrons. The standard InChI is InChI=1S/C25H30N6O3S/c1-3-23(24-27-28-29-31(24)15-20-6-4-10-34-20)30(16-21-7-5-11-35-21)14-18-12-17-8-9-19(33-2)13-22(17)26-25(18)32/h5,7-9,11-13,20,23H,3-4,6,10,14-16H2,1-2H3,(H,26,32)/t20-,23+/m1/s1. The zero-order valence-electron chi connectivity index (χ0n) is 20.0. The Labute approximate surface area is 207 Å². The molecule has 1 fully saturated rings. The van der Waals surface area contributed by atoms with Crippen molar-refractivity contribution in [2.75, 3.05) is 13.7 Å². The number of benzene rings is 1. The quantitative estimate of drug-likeness (QED) is 0.357. The van der Waals surface area contributed by atoms with E-state index in [1.807, 2.05) is 28.9 Å². The molecule has 0 bridgehead atoms. The first-order valence-electron chi connectivity index (χ1n) is 12.0. The minimum absolute atomic E-state index is 0.0560. The van der Waals surface area contributed by atoms with E-state index in [9.17, 15) is 4.79 Å². The molecule has 1 aliphatic rings. The predicted octanol–water partition coefficient (Wildman–Crippen LogP) is 3.92. The normalized spacial score (nSPS) is 16.8. The molecule has 0 unspecified atom stereocenters. The summed E-state index contributed by atoms with van der Waals surface area (Å²) in [7, 11) is 1.62. The molecule has 1 N–H and O–H groups in total. The van der Waals surface area contributed by atoms with Crippen LogP contribution in [0.3, 0.4) is 0 Å². The van der Waals surface area contributed by atoms with Crippen LogP contribution in [0.4, 0.5) is 0 Å². The maximum atomic E-state index is 13.1. The zero-order chi connectivity index (χ0) is 24.2. The van der Waals surface area contributed by atoms with Crippen LogP contribution in [-0.2, 0) is 24.4 Å². The summed E-state index contributed by atoms with van der Waals surface area (Å²) in [5, 5.41) is 15.7. The maximum absolute atomic E-state index is 13.1. The minimum atomic E-state index is -0.101. The van der Waals surface area contributed by atoms with Crippen molar-refractivity contribution in [3.05, 3.63) is 68.4 Å². The number of tetrazole rings is 1. The number of thiophene rings is 1. The lowest BCUT2D eigenvalue weighted by Crippen LogP contribution is -2.33. The summed E-state index contributed by atoms with van der Waals surface area (Å²) in [6, 6.07) is 11.8. The average molecular weight is 495 g/mol. The number of aromatic amines is 1.